The van der Waals surface area contributed by atoms with Crippen LogP contribution in [0.25, 0.3) is 0 Å². The number of hydrogen-bond donors (Lipinski definition) is 1. The van der Waals surface area contributed by atoms with Gasteiger partial charge in [0.25, 0.3) is 0 Å². The standard InChI is InChI=1S/C13H15NO2S/c1-15-9-5-3-6-10(16-2)12(9)13(14)11-7-4-8-17-11/h3-8,13H,14H2,1-2H3. The first kappa shape index (κ1) is 12.0. The van der Waals surface area contributed by atoms with Crippen molar-refractivity contribution in [2.45, 2.75) is 6.04 Å². The van der Waals surface area contributed by atoms with Crippen molar-refractivity contribution in [3.8, 4) is 11.5 Å². The molecule has 1 unspecified atom stereocenters. The molecule has 1 heterocycles. The summed E-state index contributed by atoms with van der Waals surface area (Å²) in [7, 11) is 3.28. The van der Waals surface area contributed by atoms with Gasteiger partial charge in [0, 0.05) is 4.88 Å². The van der Waals surface area contributed by atoms with Gasteiger partial charge >= 0.3 is 0 Å². The van der Waals surface area contributed by atoms with E-state index in [4.69, 9.17) is 15.2 Å². The minimum Gasteiger partial charge on any atom is -0.496 e. The smallest absolute Gasteiger partial charge is 0.127 e. The summed E-state index contributed by atoms with van der Waals surface area (Å²) in [5.74, 6) is 1.51. The Morgan fingerprint density at radius 2 is 1.71 bits per heavy atom. The zero-order valence-electron chi connectivity index (χ0n) is 9.84. The minimum absolute atomic E-state index is 0.221. The molecule has 90 valence electrons. The summed E-state index contributed by atoms with van der Waals surface area (Å²) in [6.45, 7) is 0. The molecule has 4 heteroatoms. The molecular weight excluding hydrogens is 234 g/mol. The SMILES string of the molecule is COc1cccc(OC)c1C(N)c1cccs1. The highest BCUT2D eigenvalue weighted by atomic mass is 32.1. The lowest BCUT2D eigenvalue weighted by Crippen LogP contribution is -2.13. The third-order valence-electron chi connectivity index (χ3n) is 2.63. The number of ether oxygens (including phenoxy) is 2. The van der Waals surface area contributed by atoms with Crippen LogP contribution in [0.4, 0.5) is 0 Å². The Balaban J connectivity index is 2.49. The molecule has 0 bridgehead atoms. The van der Waals surface area contributed by atoms with Gasteiger partial charge in [0.05, 0.1) is 25.8 Å². The molecule has 2 rings (SSSR count). The second kappa shape index (κ2) is 5.21. The second-order valence-electron chi connectivity index (χ2n) is 3.57. The molecule has 2 aromatic rings. The molecule has 0 aliphatic heterocycles. The summed E-state index contributed by atoms with van der Waals surface area (Å²) in [5, 5.41) is 2.01. The molecule has 0 fully saturated rings. The quantitative estimate of drug-likeness (QED) is 0.906. The van der Waals surface area contributed by atoms with Crippen LogP contribution >= 0.6 is 11.3 Å². The molecule has 0 radical (unpaired) electrons. The van der Waals surface area contributed by atoms with Gasteiger partial charge in [0.15, 0.2) is 0 Å². The molecule has 2 N–H and O–H groups in total. The van der Waals surface area contributed by atoms with Gasteiger partial charge < -0.3 is 15.2 Å². The van der Waals surface area contributed by atoms with E-state index in [0.29, 0.717) is 0 Å². The highest BCUT2D eigenvalue weighted by Gasteiger charge is 2.19. The maximum absolute atomic E-state index is 6.26. The number of hydrogen-bond acceptors (Lipinski definition) is 4. The number of nitrogens with two attached hydrogens (primary N) is 1. The third kappa shape index (κ3) is 2.28. The van der Waals surface area contributed by atoms with Crippen molar-refractivity contribution in [2.24, 2.45) is 5.73 Å². The maximum Gasteiger partial charge on any atom is 0.127 e. The van der Waals surface area contributed by atoms with E-state index in [-0.39, 0.29) is 6.04 Å². The number of rotatable bonds is 4. The average molecular weight is 249 g/mol. The van der Waals surface area contributed by atoms with Crippen molar-refractivity contribution >= 4 is 11.3 Å². The van der Waals surface area contributed by atoms with Crippen LogP contribution < -0.4 is 15.2 Å². The molecule has 1 aromatic carbocycles. The van der Waals surface area contributed by atoms with Crippen LogP contribution in [0.1, 0.15) is 16.5 Å². The monoisotopic (exact) mass is 249 g/mol. The van der Waals surface area contributed by atoms with E-state index >= 15 is 0 Å². The highest BCUT2D eigenvalue weighted by molar-refractivity contribution is 7.10. The predicted molar refractivity (Wildman–Crippen MR) is 69.9 cm³/mol. The summed E-state index contributed by atoms with van der Waals surface area (Å²) in [5.41, 5.74) is 7.15. The van der Waals surface area contributed by atoms with Crippen molar-refractivity contribution in [1.29, 1.82) is 0 Å². The molecule has 1 atom stereocenters. The van der Waals surface area contributed by atoms with Gasteiger partial charge in [-0.15, -0.1) is 11.3 Å². The first-order valence-corrected chi connectivity index (χ1v) is 6.15. The van der Waals surface area contributed by atoms with Gasteiger partial charge in [0.1, 0.15) is 11.5 Å². The van der Waals surface area contributed by atoms with Crippen LogP contribution in [-0.4, -0.2) is 14.2 Å². The van der Waals surface area contributed by atoms with Crippen LogP contribution in [0.3, 0.4) is 0 Å². The largest absolute Gasteiger partial charge is 0.496 e. The molecule has 1 aromatic heterocycles. The average Bonchev–Trinajstić information content (AvgIpc) is 2.90. The predicted octanol–water partition coefficient (Wildman–Crippen LogP) is 2.81. The van der Waals surface area contributed by atoms with E-state index in [0.717, 1.165) is 21.9 Å². The topological polar surface area (TPSA) is 44.5 Å². The molecule has 0 aliphatic carbocycles. The summed E-state index contributed by atoms with van der Waals surface area (Å²) >= 11 is 1.63. The fourth-order valence-electron chi connectivity index (χ4n) is 1.80. The Bertz CT molecular complexity index is 460. The van der Waals surface area contributed by atoms with Crippen molar-refractivity contribution in [1.82, 2.24) is 0 Å². The van der Waals surface area contributed by atoms with E-state index in [1.54, 1.807) is 25.6 Å². The first-order valence-electron chi connectivity index (χ1n) is 5.27. The Hall–Kier alpha value is -1.52. The summed E-state index contributed by atoms with van der Waals surface area (Å²) in [6.07, 6.45) is 0. The lowest BCUT2D eigenvalue weighted by Gasteiger charge is -2.17. The highest BCUT2D eigenvalue weighted by Crippen LogP contribution is 2.37. The maximum atomic E-state index is 6.26. The van der Waals surface area contributed by atoms with Gasteiger partial charge in [-0.25, -0.2) is 0 Å². The van der Waals surface area contributed by atoms with E-state index in [2.05, 4.69) is 0 Å². The Morgan fingerprint density at radius 1 is 1.06 bits per heavy atom. The number of methoxy groups -OCH3 is 2. The lowest BCUT2D eigenvalue weighted by molar-refractivity contribution is 0.382. The Labute approximate surface area is 105 Å². The van der Waals surface area contributed by atoms with Gasteiger partial charge in [-0.2, -0.15) is 0 Å². The molecule has 0 aliphatic rings. The van der Waals surface area contributed by atoms with E-state index in [1.807, 2.05) is 35.7 Å². The first-order chi connectivity index (χ1) is 8.27. The van der Waals surface area contributed by atoms with Crippen LogP contribution in [-0.2, 0) is 0 Å². The van der Waals surface area contributed by atoms with E-state index < -0.39 is 0 Å². The Kier molecular flexibility index (Phi) is 3.66. The van der Waals surface area contributed by atoms with Crippen molar-refractivity contribution in [3.05, 3.63) is 46.2 Å². The van der Waals surface area contributed by atoms with Crippen molar-refractivity contribution in [2.75, 3.05) is 14.2 Å². The van der Waals surface area contributed by atoms with Crippen LogP contribution in [0.5, 0.6) is 11.5 Å². The van der Waals surface area contributed by atoms with Crippen LogP contribution in [0.2, 0.25) is 0 Å². The summed E-state index contributed by atoms with van der Waals surface area (Å²) < 4.78 is 10.7. The number of thiophene rings is 1. The molecule has 0 amide bonds. The third-order valence-corrected chi connectivity index (χ3v) is 3.58. The minimum atomic E-state index is -0.221. The van der Waals surface area contributed by atoms with E-state index in [9.17, 15) is 0 Å². The van der Waals surface area contributed by atoms with Crippen molar-refractivity contribution in [3.63, 3.8) is 0 Å². The van der Waals surface area contributed by atoms with Gasteiger partial charge in [-0.3, -0.25) is 0 Å². The second-order valence-corrected chi connectivity index (χ2v) is 4.55. The van der Waals surface area contributed by atoms with E-state index in [1.165, 1.54) is 0 Å². The zero-order chi connectivity index (χ0) is 12.3. The fourth-order valence-corrected chi connectivity index (χ4v) is 2.53. The Morgan fingerprint density at radius 3 is 2.18 bits per heavy atom. The molecular formula is C13H15NO2S. The van der Waals surface area contributed by atoms with Crippen LogP contribution in [0, 0.1) is 0 Å². The van der Waals surface area contributed by atoms with Crippen molar-refractivity contribution < 1.29 is 9.47 Å². The molecule has 17 heavy (non-hydrogen) atoms. The fraction of sp³-hybridized carbons (Fsp3) is 0.231. The zero-order valence-corrected chi connectivity index (χ0v) is 10.7. The van der Waals surface area contributed by atoms with Gasteiger partial charge in [-0.05, 0) is 23.6 Å². The number of benzene rings is 1. The lowest BCUT2D eigenvalue weighted by atomic mass is 10.0. The normalized spacial score (nSPS) is 12.2. The molecule has 0 spiro atoms. The van der Waals surface area contributed by atoms with Gasteiger partial charge in [0.2, 0.25) is 0 Å². The van der Waals surface area contributed by atoms with Gasteiger partial charge in [-0.1, -0.05) is 12.1 Å². The molecule has 3 nitrogen and oxygen atoms in total. The molecule has 0 saturated carbocycles. The summed E-state index contributed by atoms with van der Waals surface area (Å²) in [4.78, 5) is 1.09. The molecule has 0 saturated heterocycles. The van der Waals surface area contributed by atoms with Crippen LogP contribution in [0.15, 0.2) is 35.7 Å². The summed E-state index contributed by atoms with van der Waals surface area (Å²) in [6, 6.07) is 9.46.